The van der Waals surface area contributed by atoms with Crippen LogP contribution < -0.4 is 10.9 Å². The number of nitriles is 1. The molecule has 0 fully saturated rings. The molecule has 2 amide bonds. The van der Waals surface area contributed by atoms with Gasteiger partial charge in [-0.1, -0.05) is 42.5 Å². The molecule has 0 radical (unpaired) electrons. The summed E-state index contributed by atoms with van der Waals surface area (Å²) in [6, 6.07) is 19.8. The number of carbonyl (C=O) groups is 2. The monoisotopic (exact) mass is 357 g/mol. The van der Waals surface area contributed by atoms with Crippen molar-refractivity contribution >= 4 is 17.9 Å². The summed E-state index contributed by atoms with van der Waals surface area (Å²) < 4.78 is 0. The standard InChI is InChI=1S/C20H15N5O2/c21-13-15-8-6-14(7-9-15)10-11-19(26)24-25-20(27)18-12-17(22-23-18)16-4-2-1-3-5-16/h1-12H,(H,22,23)(H,24,26)(H,25,27)/b11-10+. The van der Waals surface area contributed by atoms with E-state index in [0.29, 0.717) is 11.3 Å². The van der Waals surface area contributed by atoms with Crippen LogP contribution in [0.15, 0.2) is 66.7 Å². The minimum atomic E-state index is -0.509. The average Bonchev–Trinajstić information content (AvgIpc) is 3.22. The molecule has 3 rings (SSSR count). The normalized spacial score (nSPS) is 10.3. The van der Waals surface area contributed by atoms with E-state index in [1.807, 2.05) is 36.4 Å². The van der Waals surface area contributed by atoms with Crippen molar-refractivity contribution in [2.24, 2.45) is 0 Å². The van der Waals surface area contributed by atoms with Crippen LogP contribution >= 0.6 is 0 Å². The number of aromatic nitrogens is 2. The lowest BCUT2D eigenvalue weighted by Gasteiger charge is -2.03. The van der Waals surface area contributed by atoms with E-state index in [2.05, 4.69) is 21.0 Å². The number of carbonyl (C=O) groups excluding carboxylic acids is 2. The fraction of sp³-hybridized carbons (Fsp3) is 0. The van der Waals surface area contributed by atoms with Crippen LogP contribution in [0.1, 0.15) is 21.6 Å². The highest BCUT2D eigenvalue weighted by molar-refractivity contribution is 5.97. The Morgan fingerprint density at radius 3 is 2.48 bits per heavy atom. The van der Waals surface area contributed by atoms with E-state index >= 15 is 0 Å². The molecule has 0 aliphatic heterocycles. The summed E-state index contributed by atoms with van der Waals surface area (Å²) >= 11 is 0. The van der Waals surface area contributed by atoms with E-state index in [1.54, 1.807) is 36.4 Å². The summed E-state index contributed by atoms with van der Waals surface area (Å²) in [5, 5.41) is 15.5. The number of nitrogens with zero attached hydrogens (tertiary/aromatic N) is 2. The molecule has 2 aromatic carbocycles. The highest BCUT2D eigenvalue weighted by Crippen LogP contribution is 2.16. The molecular formula is C20H15N5O2. The van der Waals surface area contributed by atoms with Gasteiger partial charge in [0.2, 0.25) is 0 Å². The predicted molar refractivity (Wildman–Crippen MR) is 99.8 cm³/mol. The van der Waals surface area contributed by atoms with Crippen LogP contribution in [0.2, 0.25) is 0 Å². The van der Waals surface area contributed by atoms with Gasteiger partial charge in [0.1, 0.15) is 5.69 Å². The second-order valence-electron chi connectivity index (χ2n) is 5.54. The molecule has 1 heterocycles. The summed E-state index contributed by atoms with van der Waals surface area (Å²) in [6.45, 7) is 0. The number of nitrogens with one attached hydrogen (secondary N) is 3. The van der Waals surface area contributed by atoms with Gasteiger partial charge in [0.05, 0.1) is 17.3 Å². The van der Waals surface area contributed by atoms with Crippen LogP contribution in [-0.4, -0.2) is 22.0 Å². The Balaban J connectivity index is 1.54. The molecule has 27 heavy (non-hydrogen) atoms. The quantitative estimate of drug-likeness (QED) is 0.492. The van der Waals surface area contributed by atoms with Gasteiger partial charge in [-0.05, 0) is 29.8 Å². The molecule has 7 nitrogen and oxygen atoms in total. The maximum absolute atomic E-state index is 12.1. The molecule has 7 heteroatoms. The Hall–Kier alpha value is -4.18. The Morgan fingerprint density at radius 2 is 1.78 bits per heavy atom. The molecule has 0 saturated heterocycles. The number of H-pyrrole nitrogens is 1. The van der Waals surface area contributed by atoms with Crippen LogP contribution in [0.3, 0.4) is 0 Å². The zero-order chi connectivity index (χ0) is 19.1. The number of rotatable bonds is 4. The second kappa shape index (κ2) is 8.27. The number of hydrogen-bond acceptors (Lipinski definition) is 4. The molecule has 3 N–H and O–H groups in total. The molecule has 0 atom stereocenters. The predicted octanol–water partition coefficient (Wildman–Crippen LogP) is 2.42. The lowest BCUT2D eigenvalue weighted by molar-refractivity contribution is -0.117. The van der Waals surface area contributed by atoms with Gasteiger partial charge < -0.3 is 0 Å². The van der Waals surface area contributed by atoms with Crippen LogP contribution in [0.4, 0.5) is 0 Å². The average molecular weight is 357 g/mol. The van der Waals surface area contributed by atoms with Crippen LogP contribution in [0.25, 0.3) is 17.3 Å². The van der Waals surface area contributed by atoms with Gasteiger partial charge in [0.15, 0.2) is 0 Å². The van der Waals surface area contributed by atoms with Crippen molar-refractivity contribution < 1.29 is 9.59 Å². The van der Waals surface area contributed by atoms with Crippen LogP contribution in [0, 0.1) is 11.3 Å². The third-order valence-corrected chi connectivity index (χ3v) is 3.66. The summed E-state index contributed by atoms with van der Waals surface area (Å²) in [5.41, 5.74) is 7.65. The Kier molecular flexibility index (Phi) is 5.40. The smallest absolute Gasteiger partial charge is 0.272 e. The van der Waals surface area contributed by atoms with E-state index in [9.17, 15) is 9.59 Å². The number of benzene rings is 2. The van der Waals surface area contributed by atoms with Gasteiger partial charge in [-0.25, -0.2) is 0 Å². The fourth-order valence-electron chi connectivity index (χ4n) is 2.26. The molecule has 0 bridgehead atoms. The first kappa shape index (κ1) is 17.6. The maximum atomic E-state index is 12.1. The van der Waals surface area contributed by atoms with Gasteiger partial charge in [-0.3, -0.25) is 25.5 Å². The number of hydrazine groups is 1. The second-order valence-corrected chi connectivity index (χ2v) is 5.54. The van der Waals surface area contributed by atoms with E-state index in [4.69, 9.17) is 5.26 Å². The van der Waals surface area contributed by atoms with E-state index in [-0.39, 0.29) is 5.69 Å². The van der Waals surface area contributed by atoms with E-state index in [0.717, 1.165) is 11.1 Å². The van der Waals surface area contributed by atoms with Crippen molar-refractivity contribution in [3.63, 3.8) is 0 Å². The molecule has 0 aliphatic carbocycles. The molecule has 132 valence electrons. The van der Waals surface area contributed by atoms with Crippen molar-refractivity contribution in [1.82, 2.24) is 21.0 Å². The van der Waals surface area contributed by atoms with Crippen molar-refractivity contribution in [2.75, 3.05) is 0 Å². The topological polar surface area (TPSA) is 111 Å². The summed E-state index contributed by atoms with van der Waals surface area (Å²) in [5.74, 6) is -1.000. The van der Waals surface area contributed by atoms with Crippen molar-refractivity contribution in [3.05, 3.63) is 83.6 Å². The molecule has 0 aliphatic rings. The van der Waals surface area contributed by atoms with E-state index in [1.165, 1.54) is 6.08 Å². The Morgan fingerprint density at radius 1 is 1.04 bits per heavy atom. The molecule has 1 aromatic heterocycles. The largest absolute Gasteiger partial charge is 0.287 e. The van der Waals surface area contributed by atoms with Gasteiger partial charge in [-0.15, -0.1) is 0 Å². The van der Waals surface area contributed by atoms with Gasteiger partial charge in [-0.2, -0.15) is 10.4 Å². The highest BCUT2D eigenvalue weighted by Gasteiger charge is 2.11. The van der Waals surface area contributed by atoms with Crippen LogP contribution in [-0.2, 0) is 4.79 Å². The Bertz CT molecular complexity index is 1010. The summed E-state index contributed by atoms with van der Waals surface area (Å²) in [4.78, 5) is 23.9. The SMILES string of the molecule is N#Cc1ccc(/C=C/C(=O)NNC(=O)c2cc(-c3ccccc3)n[nH]2)cc1. The summed E-state index contributed by atoms with van der Waals surface area (Å²) in [7, 11) is 0. The molecule has 0 spiro atoms. The first-order valence-electron chi connectivity index (χ1n) is 8.05. The first-order valence-corrected chi connectivity index (χ1v) is 8.05. The minimum Gasteiger partial charge on any atom is -0.272 e. The molecule has 0 unspecified atom stereocenters. The number of hydrogen-bond donors (Lipinski definition) is 3. The fourth-order valence-corrected chi connectivity index (χ4v) is 2.26. The Labute approximate surface area is 155 Å². The number of aromatic amines is 1. The third-order valence-electron chi connectivity index (χ3n) is 3.66. The van der Waals surface area contributed by atoms with Crippen molar-refractivity contribution in [3.8, 4) is 17.3 Å². The molecular weight excluding hydrogens is 342 g/mol. The zero-order valence-corrected chi connectivity index (χ0v) is 14.1. The van der Waals surface area contributed by atoms with Crippen molar-refractivity contribution in [1.29, 1.82) is 5.26 Å². The number of amides is 2. The van der Waals surface area contributed by atoms with Gasteiger partial charge in [0, 0.05) is 11.6 Å². The van der Waals surface area contributed by atoms with E-state index < -0.39 is 11.8 Å². The lowest BCUT2D eigenvalue weighted by atomic mass is 10.1. The molecule has 0 saturated carbocycles. The lowest BCUT2D eigenvalue weighted by Crippen LogP contribution is -2.40. The first-order chi connectivity index (χ1) is 13.2. The minimum absolute atomic E-state index is 0.227. The van der Waals surface area contributed by atoms with Gasteiger partial charge >= 0.3 is 0 Å². The zero-order valence-electron chi connectivity index (χ0n) is 14.1. The van der Waals surface area contributed by atoms with Gasteiger partial charge in [0.25, 0.3) is 11.8 Å². The van der Waals surface area contributed by atoms with Crippen LogP contribution in [0.5, 0.6) is 0 Å². The third kappa shape index (κ3) is 4.67. The summed E-state index contributed by atoms with van der Waals surface area (Å²) in [6.07, 6.45) is 2.86. The highest BCUT2D eigenvalue weighted by atomic mass is 16.2. The molecule has 3 aromatic rings. The van der Waals surface area contributed by atoms with Crippen molar-refractivity contribution in [2.45, 2.75) is 0 Å². The maximum Gasteiger partial charge on any atom is 0.287 e.